The van der Waals surface area contributed by atoms with Crippen LogP contribution in [0.25, 0.3) is 0 Å². The van der Waals surface area contributed by atoms with Gasteiger partial charge in [-0.2, -0.15) is 0 Å². The van der Waals surface area contributed by atoms with Crippen molar-refractivity contribution in [1.29, 1.82) is 0 Å². The van der Waals surface area contributed by atoms with Gasteiger partial charge in [0.1, 0.15) is 6.04 Å². The second-order valence-electron chi connectivity index (χ2n) is 6.16. The molecule has 0 aromatic rings. The summed E-state index contributed by atoms with van der Waals surface area (Å²) in [6, 6.07) is -1.70. The molecular weight excluding hydrogens is 262 g/mol. The molecular formula is C13H25N3O4. The van der Waals surface area contributed by atoms with Crippen LogP contribution < -0.4 is 16.0 Å². The third kappa shape index (κ3) is 7.60. The number of nitrogens with one attached hydrogen (secondary N) is 3. The van der Waals surface area contributed by atoms with Gasteiger partial charge < -0.3 is 21.1 Å². The van der Waals surface area contributed by atoms with Crippen molar-refractivity contribution in [3.8, 4) is 0 Å². The van der Waals surface area contributed by atoms with Crippen LogP contribution in [0.5, 0.6) is 0 Å². The Morgan fingerprint density at radius 2 is 1.65 bits per heavy atom. The topological polar surface area (TPSA) is 108 Å². The van der Waals surface area contributed by atoms with E-state index in [0.717, 1.165) is 0 Å². The van der Waals surface area contributed by atoms with Crippen molar-refractivity contribution in [2.24, 2.45) is 11.3 Å². The maximum absolute atomic E-state index is 11.6. The molecule has 0 rings (SSSR count). The first kappa shape index (κ1) is 18.2. The number of hydrogen-bond donors (Lipinski definition) is 4. The van der Waals surface area contributed by atoms with Crippen molar-refractivity contribution in [3.05, 3.63) is 0 Å². The van der Waals surface area contributed by atoms with E-state index in [4.69, 9.17) is 5.11 Å². The number of carboxylic acid groups (broad SMARTS) is 1. The smallest absolute Gasteiger partial charge is 0.326 e. The highest BCUT2D eigenvalue weighted by atomic mass is 16.4. The third-order valence-electron chi connectivity index (χ3n) is 2.51. The van der Waals surface area contributed by atoms with Gasteiger partial charge >= 0.3 is 12.0 Å². The summed E-state index contributed by atoms with van der Waals surface area (Å²) in [5.41, 5.74) is -0.622. The summed E-state index contributed by atoms with van der Waals surface area (Å²) >= 11 is 0. The minimum Gasteiger partial charge on any atom is -0.480 e. The Labute approximate surface area is 119 Å². The zero-order valence-corrected chi connectivity index (χ0v) is 12.7. The number of carboxylic acids is 1. The molecule has 7 nitrogen and oxygen atoms in total. The monoisotopic (exact) mass is 287 g/mol. The number of aliphatic carboxylic acids is 1. The molecule has 0 heterocycles. The average Bonchev–Trinajstić information content (AvgIpc) is 2.28. The van der Waals surface area contributed by atoms with Crippen LogP contribution in [-0.4, -0.2) is 42.1 Å². The molecule has 0 aliphatic heterocycles. The van der Waals surface area contributed by atoms with E-state index in [2.05, 4.69) is 16.0 Å². The number of carbonyl (C=O) groups is 3. The molecule has 1 atom stereocenters. The minimum atomic E-state index is -1.11. The lowest BCUT2D eigenvalue weighted by Crippen LogP contribution is -2.53. The van der Waals surface area contributed by atoms with Gasteiger partial charge in [0.15, 0.2) is 0 Å². The highest BCUT2D eigenvalue weighted by Gasteiger charge is 2.32. The van der Waals surface area contributed by atoms with Crippen LogP contribution in [-0.2, 0) is 9.59 Å². The quantitative estimate of drug-likeness (QED) is 0.572. The maximum Gasteiger partial charge on any atom is 0.326 e. The second-order valence-corrected chi connectivity index (χ2v) is 6.16. The van der Waals surface area contributed by atoms with E-state index in [0.29, 0.717) is 12.5 Å². The van der Waals surface area contributed by atoms with Crippen LogP contribution in [0.15, 0.2) is 0 Å². The molecule has 20 heavy (non-hydrogen) atoms. The molecule has 0 aliphatic carbocycles. The SMILES string of the molecule is CC(C)CNC(=O)CNC(=O)N[C@H](C(=O)O)C(C)(C)C. The highest BCUT2D eigenvalue weighted by Crippen LogP contribution is 2.19. The minimum absolute atomic E-state index is 0.185. The number of amides is 3. The zero-order chi connectivity index (χ0) is 15.9. The van der Waals surface area contributed by atoms with Gasteiger partial charge in [0.05, 0.1) is 6.54 Å². The summed E-state index contributed by atoms with van der Waals surface area (Å²) in [5, 5.41) is 16.4. The molecule has 0 aromatic carbocycles. The lowest BCUT2D eigenvalue weighted by molar-refractivity contribution is -0.141. The van der Waals surface area contributed by atoms with Crippen LogP contribution >= 0.6 is 0 Å². The van der Waals surface area contributed by atoms with Gasteiger partial charge in [0.25, 0.3) is 0 Å². The summed E-state index contributed by atoms with van der Waals surface area (Å²) in [5.74, 6) is -1.10. The predicted molar refractivity (Wildman–Crippen MR) is 75.3 cm³/mol. The summed E-state index contributed by atoms with van der Waals surface area (Å²) in [4.78, 5) is 34.1. The molecule has 0 aliphatic rings. The number of urea groups is 1. The molecule has 3 amide bonds. The first-order valence-electron chi connectivity index (χ1n) is 6.58. The molecule has 0 aromatic heterocycles. The molecule has 7 heteroatoms. The molecule has 0 radical (unpaired) electrons. The van der Waals surface area contributed by atoms with E-state index >= 15 is 0 Å². The van der Waals surface area contributed by atoms with Gasteiger partial charge in [-0.25, -0.2) is 9.59 Å². The maximum atomic E-state index is 11.6. The fraction of sp³-hybridized carbons (Fsp3) is 0.769. The molecule has 0 bridgehead atoms. The Morgan fingerprint density at radius 1 is 1.10 bits per heavy atom. The lowest BCUT2D eigenvalue weighted by Gasteiger charge is -2.27. The van der Waals surface area contributed by atoms with Gasteiger partial charge in [0, 0.05) is 6.54 Å². The molecule has 0 saturated heterocycles. The molecule has 0 fully saturated rings. The van der Waals surface area contributed by atoms with E-state index < -0.39 is 23.5 Å². The molecule has 0 spiro atoms. The number of rotatable bonds is 6. The Bertz CT molecular complexity index is 361. The first-order chi connectivity index (χ1) is 9.04. The van der Waals surface area contributed by atoms with Crippen LogP contribution in [0.2, 0.25) is 0 Å². The van der Waals surface area contributed by atoms with E-state index in [1.807, 2.05) is 13.8 Å². The average molecular weight is 287 g/mol. The fourth-order valence-corrected chi connectivity index (χ4v) is 1.37. The van der Waals surface area contributed by atoms with E-state index in [-0.39, 0.29) is 12.5 Å². The molecule has 4 N–H and O–H groups in total. The van der Waals surface area contributed by atoms with E-state index in [9.17, 15) is 14.4 Å². The third-order valence-corrected chi connectivity index (χ3v) is 2.51. The highest BCUT2D eigenvalue weighted by molar-refractivity contribution is 5.86. The van der Waals surface area contributed by atoms with Crippen molar-refractivity contribution >= 4 is 17.9 Å². The Morgan fingerprint density at radius 3 is 2.05 bits per heavy atom. The van der Waals surface area contributed by atoms with Gasteiger partial charge in [-0.05, 0) is 11.3 Å². The first-order valence-corrected chi connectivity index (χ1v) is 6.58. The van der Waals surface area contributed by atoms with E-state index in [1.54, 1.807) is 20.8 Å². The second kappa shape index (κ2) is 7.72. The normalized spacial score (nSPS) is 12.7. The molecule has 0 unspecified atom stereocenters. The molecule has 116 valence electrons. The summed E-state index contributed by atoms with van der Waals surface area (Å²) in [6.07, 6.45) is 0. The largest absolute Gasteiger partial charge is 0.480 e. The number of hydrogen-bond acceptors (Lipinski definition) is 3. The summed E-state index contributed by atoms with van der Waals surface area (Å²) in [7, 11) is 0. The van der Waals surface area contributed by atoms with Gasteiger partial charge in [-0.15, -0.1) is 0 Å². The van der Waals surface area contributed by atoms with Gasteiger partial charge in [-0.1, -0.05) is 34.6 Å². The van der Waals surface area contributed by atoms with Crippen LogP contribution in [0.3, 0.4) is 0 Å². The van der Waals surface area contributed by atoms with Crippen molar-refractivity contribution < 1.29 is 19.5 Å². The van der Waals surface area contributed by atoms with Crippen molar-refractivity contribution in [1.82, 2.24) is 16.0 Å². The van der Waals surface area contributed by atoms with Crippen molar-refractivity contribution in [3.63, 3.8) is 0 Å². The number of carbonyl (C=O) groups excluding carboxylic acids is 2. The summed E-state index contributed by atoms with van der Waals surface area (Å²) < 4.78 is 0. The van der Waals surface area contributed by atoms with Crippen LogP contribution in [0, 0.1) is 11.3 Å². The van der Waals surface area contributed by atoms with Crippen LogP contribution in [0.1, 0.15) is 34.6 Å². The van der Waals surface area contributed by atoms with Crippen molar-refractivity contribution in [2.45, 2.75) is 40.7 Å². The van der Waals surface area contributed by atoms with Gasteiger partial charge in [0.2, 0.25) is 5.91 Å². The summed E-state index contributed by atoms with van der Waals surface area (Å²) in [6.45, 7) is 9.39. The zero-order valence-electron chi connectivity index (χ0n) is 12.7. The molecule has 0 saturated carbocycles. The predicted octanol–water partition coefficient (Wildman–Crippen LogP) is 0.557. The van der Waals surface area contributed by atoms with E-state index in [1.165, 1.54) is 0 Å². The van der Waals surface area contributed by atoms with Crippen LogP contribution in [0.4, 0.5) is 4.79 Å². The fourth-order valence-electron chi connectivity index (χ4n) is 1.37. The lowest BCUT2D eigenvalue weighted by atomic mass is 9.87. The van der Waals surface area contributed by atoms with Gasteiger partial charge in [-0.3, -0.25) is 4.79 Å². The standard InChI is InChI=1S/C13H25N3O4/c1-8(2)6-14-9(17)7-15-12(20)16-10(11(18)19)13(3,4)5/h8,10H,6-7H2,1-5H3,(H,14,17)(H,18,19)(H2,15,16,20)/t10-/m1/s1. The Hall–Kier alpha value is -1.79. The Kier molecular flexibility index (Phi) is 7.02. The Balaban J connectivity index is 4.22. The van der Waals surface area contributed by atoms with Crippen molar-refractivity contribution in [2.75, 3.05) is 13.1 Å².